The number of amides is 1. The van der Waals surface area contributed by atoms with Crippen LogP contribution in [-0.2, 0) is 4.79 Å². The van der Waals surface area contributed by atoms with Crippen LogP contribution in [0.5, 0.6) is 0 Å². The third-order valence-electron chi connectivity index (χ3n) is 3.53. The molecule has 0 spiro atoms. The highest BCUT2D eigenvalue weighted by Crippen LogP contribution is 2.14. The number of rotatable bonds is 3. The molecule has 2 N–H and O–H groups in total. The molecule has 5 nitrogen and oxygen atoms in total. The Morgan fingerprint density at radius 3 is 2.38 bits per heavy atom. The molecule has 0 radical (unpaired) electrons. The minimum Gasteiger partial charge on any atom is -0.340 e. The molecule has 1 amide bonds. The monoisotopic (exact) mass is 226 g/mol. The van der Waals surface area contributed by atoms with Gasteiger partial charge in [0.1, 0.15) is 0 Å². The summed E-state index contributed by atoms with van der Waals surface area (Å²) < 4.78 is 0. The van der Waals surface area contributed by atoms with Gasteiger partial charge in [0.2, 0.25) is 5.91 Å². The average molecular weight is 226 g/mol. The van der Waals surface area contributed by atoms with E-state index in [9.17, 15) is 4.79 Å². The second kappa shape index (κ2) is 5.12. The zero-order valence-corrected chi connectivity index (χ0v) is 10.1. The van der Waals surface area contributed by atoms with E-state index in [-0.39, 0.29) is 5.91 Å². The normalized spacial score (nSPS) is 24.5. The molecule has 0 aromatic carbocycles. The molecular formula is C11H22N4O. The lowest BCUT2D eigenvalue weighted by atomic mass is 10.0. The fourth-order valence-electron chi connectivity index (χ4n) is 2.49. The zero-order chi connectivity index (χ0) is 11.5. The lowest BCUT2D eigenvalue weighted by Gasteiger charge is -2.41. The Bertz CT molecular complexity index is 244. The van der Waals surface area contributed by atoms with Crippen molar-refractivity contribution in [3.8, 4) is 0 Å². The highest BCUT2D eigenvalue weighted by Gasteiger charge is 2.28. The van der Waals surface area contributed by atoms with Crippen molar-refractivity contribution in [3.05, 3.63) is 0 Å². The molecule has 2 rings (SSSR count). The van der Waals surface area contributed by atoms with Crippen molar-refractivity contribution < 1.29 is 4.79 Å². The van der Waals surface area contributed by atoms with Crippen LogP contribution in [0.15, 0.2) is 0 Å². The van der Waals surface area contributed by atoms with Gasteiger partial charge >= 0.3 is 0 Å². The van der Waals surface area contributed by atoms with Crippen LogP contribution in [0.25, 0.3) is 0 Å². The zero-order valence-electron chi connectivity index (χ0n) is 10.1. The summed E-state index contributed by atoms with van der Waals surface area (Å²) in [5, 5.41) is 1.86. The first-order chi connectivity index (χ1) is 7.69. The molecule has 92 valence electrons. The van der Waals surface area contributed by atoms with Crippen LogP contribution in [0, 0.1) is 5.92 Å². The topological polar surface area (TPSA) is 52.8 Å². The van der Waals surface area contributed by atoms with Gasteiger partial charge in [0.25, 0.3) is 0 Å². The molecule has 0 aromatic rings. The van der Waals surface area contributed by atoms with E-state index < -0.39 is 0 Å². The van der Waals surface area contributed by atoms with Gasteiger partial charge in [-0.1, -0.05) is 6.92 Å². The van der Waals surface area contributed by atoms with Gasteiger partial charge in [-0.2, -0.15) is 0 Å². The Morgan fingerprint density at radius 1 is 1.25 bits per heavy atom. The van der Waals surface area contributed by atoms with E-state index >= 15 is 0 Å². The number of hydrazine groups is 1. The molecule has 2 aliphatic heterocycles. The summed E-state index contributed by atoms with van der Waals surface area (Å²) in [5.74, 6) is 6.64. The van der Waals surface area contributed by atoms with Crippen LogP contribution in [0.3, 0.4) is 0 Å². The van der Waals surface area contributed by atoms with Crippen molar-refractivity contribution in [2.24, 2.45) is 11.8 Å². The lowest BCUT2D eigenvalue weighted by molar-refractivity contribution is -0.132. The van der Waals surface area contributed by atoms with Gasteiger partial charge < -0.3 is 4.90 Å². The molecule has 0 unspecified atom stereocenters. The van der Waals surface area contributed by atoms with E-state index in [1.54, 1.807) is 0 Å². The third kappa shape index (κ3) is 2.72. The van der Waals surface area contributed by atoms with Gasteiger partial charge in [-0.25, -0.2) is 5.01 Å². The van der Waals surface area contributed by atoms with Crippen molar-refractivity contribution in [2.75, 3.05) is 45.8 Å². The molecular weight excluding hydrogens is 204 g/mol. The number of nitrogens with two attached hydrogens (primary N) is 1. The first-order valence-electron chi connectivity index (χ1n) is 6.18. The van der Waals surface area contributed by atoms with E-state index in [0.717, 1.165) is 51.7 Å². The van der Waals surface area contributed by atoms with Crippen LogP contribution in [0.2, 0.25) is 0 Å². The Hall–Kier alpha value is -0.650. The maximum atomic E-state index is 11.5. The molecule has 2 aliphatic rings. The van der Waals surface area contributed by atoms with Crippen LogP contribution in [0.4, 0.5) is 0 Å². The minimum atomic E-state index is 0.288. The third-order valence-corrected chi connectivity index (χ3v) is 3.53. The van der Waals surface area contributed by atoms with Gasteiger partial charge in [0.15, 0.2) is 0 Å². The van der Waals surface area contributed by atoms with Gasteiger partial charge in [-0.3, -0.25) is 15.5 Å². The number of carbonyl (C=O) groups is 1. The highest BCUT2D eigenvalue weighted by atomic mass is 16.2. The Kier molecular flexibility index (Phi) is 3.78. The second-order valence-corrected chi connectivity index (χ2v) is 4.85. The van der Waals surface area contributed by atoms with Crippen molar-refractivity contribution in [3.63, 3.8) is 0 Å². The fourth-order valence-corrected chi connectivity index (χ4v) is 2.49. The van der Waals surface area contributed by atoms with Gasteiger partial charge in [0.05, 0.1) is 0 Å². The summed E-state index contributed by atoms with van der Waals surface area (Å²) in [5.41, 5.74) is 0. The molecule has 0 aromatic heterocycles. The minimum absolute atomic E-state index is 0.288. The van der Waals surface area contributed by atoms with Crippen molar-refractivity contribution in [2.45, 2.75) is 13.3 Å². The second-order valence-electron chi connectivity index (χ2n) is 4.85. The Balaban J connectivity index is 1.67. The smallest absolute Gasteiger partial charge is 0.222 e. The average Bonchev–Trinajstić information content (AvgIpc) is 2.27. The summed E-state index contributed by atoms with van der Waals surface area (Å²) >= 11 is 0. The van der Waals surface area contributed by atoms with Crippen molar-refractivity contribution in [1.29, 1.82) is 0 Å². The van der Waals surface area contributed by atoms with Crippen molar-refractivity contribution >= 4 is 5.91 Å². The number of hydrogen-bond donors (Lipinski definition) is 1. The summed E-state index contributed by atoms with van der Waals surface area (Å²) in [7, 11) is 0. The van der Waals surface area contributed by atoms with Gasteiger partial charge in [-0.05, 0) is 5.92 Å². The number of nitrogens with zero attached hydrogens (tertiary/aromatic N) is 3. The highest BCUT2D eigenvalue weighted by molar-refractivity contribution is 5.75. The number of hydrogen-bond acceptors (Lipinski definition) is 4. The van der Waals surface area contributed by atoms with Crippen LogP contribution >= 0.6 is 0 Å². The van der Waals surface area contributed by atoms with Gasteiger partial charge in [0, 0.05) is 52.2 Å². The molecule has 0 bridgehead atoms. The van der Waals surface area contributed by atoms with Crippen LogP contribution in [-0.4, -0.2) is 66.5 Å². The Labute approximate surface area is 97.1 Å². The molecule has 0 atom stereocenters. The number of carbonyl (C=O) groups excluding carboxylic acids is 1. The fraction of sp³-hybridized carbons (Fsp3) is 0.909. The first kappa shape index (κ1) is 11.8. The summed E-state index contributed by atoms with van der Waals surface area (Å²) in [6, 6.07) is 0. The lowest BCUT2D eigenvalue weighted by Crippen LogP contribution is -2.57. The van der Waals surface area contributed by atoms with Gasteiger partial charge in [-0.15, -0.1) is 0 Å². The SMILES string of the molecule is CCC(=O)N1CCN(CC2CN(N)C2)CC1. The van der Waals surface area contributed by atoms with E-state index in [1.807, 2.05) is 16.8 Å². The summed E-state index contributed by atoms with van der Waals surface area (Å²) in [4.78, 5) is 15.9. The van der Waals surface area contributed by atoms with E-state index in [0.29, 0.717) is 6.42 Å². The van der Waals surface area contributed by atoms with Crippen molar-refractivity contribution in [1.82, 2.24) is 14.8 Å². The van der Waals surface area contributed by atoms with E-state index in [1.165, 1.54) is 0 Å². The number of piperazine rings is 1. The Morgan fingerprint density at radius 2 is 1.88 bits per heavy atom. The van der Waals surface area contributed by atoms with Crippen LogP contribution in [0.1, 0.15) is 13.3 Å². The molecule has 16 heavy (non-hydrogen) atoms. The molecule has 0 saturated carbocycles. The quantitative estimate of drug-likeness (QED) is 0.650. The largest absolute Gasteiger partial charge is 0.340 e. The van der Waals surface area contributed by atoms with Crippen LogP contribution < -0.4 is 5.84 Å². The van der Waals surface area contributed by atoms with E-state index in [2.05, 4.69) is 4.90 Å². The molecule has 2 heterocycles. The standard InChI is InChI=1S/C11H22N4O/c1-2-11(16)14-5-3-13(4-6-14)7-10-8-15(12)9-10/h10H,2-9,12H2,1H3. The summed E-state index contributed by atoms with van der Waals surface area (Å²) in [6.45, 7) is 8.94. The van der Waals surface area contributed by atoms with E-state index in [4.69, 9.17) is 5.84 Å². The predicted octanol–water partition coefficient (Wildman–Crippen LogP) is -0.654. The molecule has 2 saturated heterocycles. The molecule has 0 aliphatic carbocycles. The maximum absolute atomic E-state index is 11.5. The predicted molar refractivity (Wildman–Crippen MR) is 62.6 cm³/mol. The molecule has 5 heteroatoms. The molecule has 2 fully saturated rings. The maximum Gasteiger partial charge on any atom is 0.222 e. The summed E-state index contributed by atoms with van der Waals surface area (Å²) in [6.07, 6.45) is 0.630. The first-order valence-corrected chi connectivity index (χ1v) is 6.18.